The zero-order chi connectivity index (χ0) is 0. The van der Waals surface area contributed by atoms with Crippen LogP contribution in [0.15, 0.2) is 0 Å². The molecule has 0 radical (unpaired) electrons. The van der Waals surface area contributed by atoms with E-state index in [1.165, 1.54) is 0 Å². The number of rotatable bonds is 0. The third kappa shape index (κ3) is 104. The molecule has 0 amide bonds. The minimum atomic E-state index is 0. The van der Waals surface area contributed by atoms with Gasteiger partial charge in [0.25, 0.3) is 0 Å². The van der Waals surface area contributed by atoms with E-state index < -0.39 is 0 Å². The van der Waals surface area contributed by atoms with E-state index in [2.05, 4.69) is 0 Å². The van der Waals surface area contributed by atoms with Crippen molar-refractivity contribution in [2.45, 2.75) is 0 Å². The summed E-state index contributed by atoms with van der Waals surface area (Å²) in [7, 11) is 0. The predicted molar refractivity (Wildman–Crippen MR) is 21.7 cm³/mol. The Morgan fingerprint density at radius 3 is 0.188 bits per heavy atom. The van der Waals surface area contributed by atoms with Gasteiger partial charge < -0.3 is 21.9 Å². The van der Waals surface area contributed by atoms with Crippen molar-refractivity contribution in [2.24, 2.45) is 0 Å². The molecule has 0 bridgehead atoms. The van der Waals surface area contributed by atoms with Crippen molar-refractivity contribution in [3.05, 3.63) is 0 Å². The summed E-state index contributed by atoms with van der Waals surface area (Å²) in [5.41, 5.74) is 0. The molecule has 0 unspecified atom stereocenters. The first kappa shape index (κ1) is 129. The maximum absolute atomic E-state index is 0. The Morgan fingerprint density at radius 2 is 0.188 bits per heavy atom. The maximum atomic E-state index is 0. The summed E-state index contributed by atoms with van der Waals surface area (Å²) in [6.45, 7) is 0. The van der Waals surface area contributed by atoms with Gasteiger partial charge in [-0.1, -0.05) is 0 Å². The normalized spacial score (nSPS) is 0. The van der Waals surface area contributed by atoms with Gasteiger partial charge in [-0.05, 0) is 0 Å². The van der Waals surface area contributed by atoms with Gasteiger partial charge in [0.1, 0.15) is 0 Å². The van der Waals surface area contributed by atoms with E-state index in [-0.39, 0.29) is 449 Å². The van der Waals surface area contributed by atoms with Gasteiger partial charge in [-0.25, -0.2) is 0 Å². The topological polar surface area (TPSA) is 126 Å². The summed E-state index contributed by atoms with van der Waals surface area (Å²) in [6.07, 6.45) is 0. The van der Waals surface area contributed by atoms with Crippen molar-refractivity contribution >= 4 is 12.4 Å². The predicted octanol–water partition coefficient (Wildman–Crippen LogP) is -2.88. The Hall–Kier alpha value is 14.0. The van der Waals surface area contributed by atoms with Crippen molar-refractivity contribution in [3.63, 3.8) is 0 Å². The molecule has 0 saturated carbocycles. The molecule has 0 atom stereocenters. The van der Waals surface area contributed by atoms with Crippen molar-refractivity contribution in [1.82, 2.24) is 0 Å². The van der Waals surface area contributed by atoms with E-state index in [1.54, 1.807) is 0 Å². The number of hydrogen-bond donors (Lipinski definition) is 0. The minimum absolute atomic E-state index is 0. The van der Waals surface area contributed by atoms with Gasteiger partial charge in [0.15, 0.2) is 0 Å². The monoisotopic (exact) mass is 548 g/mol. The summed E-state index contributed by atoms with van der Waals surface area (Å²) in [5, 5.41) is 0. The number of halogens is 1. The van der Waals surface area contributed by atoms with Gasteiger partial charge in [-0.2, -0.15) is 0 Å². The van der Waals surface area contributed by atoms with Crippen LogP contribution in [0.25, 0.3) is 0 Å². The van der Waals surface area contributed by atoms with Gasteiger partial charge in [0, 0.05) is 415 Å². The van der Waals surface area contributed by atoms with Crippen LogP contribution in [0.5, 0.6) is 0 Å². The van der Waals surface area contributed by atoms with Gasteiger partial charge in [-0.3, -0.25) is 0 Å². The van der Waals surface area contributed by atoms with Crippen LogP contribution >= 0.6 is 12.4 Å². The molecule has 16 heavy (non-hydrogen) atoms. The fraction of sp³-hybridized carbons (Fsp3) is 0. The molecule has 0 rings (SSSR count). The molecule has 0 heterocycles. The van der Waals surface area contributed by atoms with Crippen LogP contribution in [-0.4, -0.2) is 21.9 Å². The Balaban J connectivity index is 0. The standard InChI is InChI=1S/11Ar.ClH.4H2O/h;;;;;;;;;;;1H;4*1H2. The third-order valence-electron chi connectivity index (χ3n) is 0. The molecule has 0 saturated heterocycles. The van der Waals surface area contributed by atoms with Crippen LogP contribution in [-0.2, 0) is 0 Å². The first-order valence-electron chi connectivity index (χ1n) is 0. The van der Waals surface area contributed by atoms with Crippen LogP contribution in [0.1, 0.15) is 0 Å². The first-order chi connectivity index (χ1) is 0. The van der Waals surface area contributed by atoms with Crippen LogP contribution in [0.3, 0.4) is 0 Å². The second-order valence-corrected chi connectivity index (χ2v) is 0. The zero-order valence-corrected chi connectivity index (χ0v) is 14.9. The summed E-state index contributed by atoms with van der Waals surface area (Å²) < 4.78 is 0. The quantitative estimate of drug-likeness (QED) is 0.309. The molecular formula is H9Ar11ClO4. The average Bonchev–Trinajstić information content (AvgIpc) is 0. The Morgan fingerprint density at radius 1 is 0.188 bits per heavy atom. The molecule has 0 aromatic carbocycles. The van der Waals surface area contributed by atoms with E-state index in [9.17, 15) is 0 Å². The molecule has 0 fully saturated rings. The van der Waals surface area contributed by atoms with Crippen LogP contribution in [0.4, 0.5) is 0 Å². The number of hydrogen-bond acceptors (Lipinski definition) is 0. The molecule has 128 valence electrons. The Bertz CT molecular complexity index is 17.9. The summed E-state index contributed by atoms with van der Waals surface area (Å²) in [6, 6.07) is 0. The summed E-state index contributed by atoms with van der Waals surface area (Å²) in [4.78, 5) is 0. The van der Waals surface area contributed by atoms with E-state index >= 15 is 0 Å². The van der Waals surface area contributed by atoms with Crippen molar-refractivity contribution in [2.75, 3.05) is 0 Å². The smallest absolute Gasteiger partial charge is 0 e. The molecule has 16 heteroatoms. The molecule has 0 spiro atoms. The van der Waals surface area contributed by atoms with E-state index in [1.807, 2.05) is 0 Å². The van der Waals surface area contributed by atoms with E-state index in [0.29, 0.717) is 0 Å². The van der Waals surface area contributed by atoms with Crippen molar-refractivity contribution in [1.29, 1.82) is 0 Å². The fourth-order valence-corrected chi connectivity index (χ4v) is 0. The van der Waals surface area contributed by atoms with Crippen molar-refractivity contribution < 1.29 is 437 Å². The molecule has 0 aliphatic heterocycles. The second kappa shape index (κ2) is 116. The van der Waals surface area contributed by atoms with Crippen LogP contribution < -0.4 is 0 Å². The third-order valence-corrected chi connectivity index (χ3v) is 0. The molecule has 8 N–H and O–H groups in total. The van der Waals surface area contributed by atoms with E-state index in [4.69, 9.17) is 0 Å². The van der Waals surface area contributed by atoms with Crippen molar-refractivity contribution in [3.8, 4) is 0 Å². The Labute approximate surface area is 433 Å². The SMILES string of the molecule is Cl.O.O.O.O.[Ar].[Ar].[Ar].[Ar].[Ar].[Ar].[Ar].[Ar].[Ar].[Ar].[Ar]. The molecule has 4 nitrogen and oxygen atoms in total. The maximum Gasteiger partial charge on any atom is 0 e. The molecule has 0 aliphatic rings. The average molecular weight is 548 g/mol. The minimum Gasteiger partial charge on any atom is -0.412 e. The Kier molecular flexibility index (Phi) is 934. The van der Waals surface area contributed by atoms with Crippen LogP contribution in [0, 0.1) is 415 Å². The zero-order valence-electron chi connectivity index (χ0n) is 6.30. The van der Waals surface area contributed by atoms with Gasteiger partial charge >= 0.3 is 0 Å². The molecule has 0 aromatic heterocycles. The molecule has 0 aliphatic carbocycles. The van der Waals surface area contributed by atoms with Gasteiger partial charge in [0.05, 0.1) is 0 Å². The summed E-state index contributed by atoms with van der Waals surface area (Å²) >= 11 is 0. The molecular weight excluding hydrogens is 539 g/mol. The summed E-state index contributed by atoms with van der Waals surface area (Å²) in [5.74, 6) is 0. The van der Waals surface area contributed by atoms with Gasteiger partial charge in [-0.15, -0.1) is 12.4 Å². The molecule has 0 aromatic rings. The van der Waals surface area contributed by atoms with Crippen LogP contribution in [0.2, 0.25) is 0 Å². The van der Waals surface area contributed by atoms with E-state index in [0.717, 1.165) is 0 Å². The van der Waals surface area contributed by atoms with Gasteiger partial charge in [0.2, 0.25) is 0 Å². The first-order valence-corrected chi connectivity index (χ1v) is 0. The largest absolute Gasteiger partial charge is 0.412 e. The fourth-order valence-electron chi connectivity index (χ4n) is 0. The second-order valence-electron chi connectivity index (χ2n) is 0.